The van der Waals surface area contributed by atoms with Crippen LogP contribution in [-0.4, -0.2) is 13.1 Å². The highest BCUT2D eigenvalue weighted by Gasteiger charge is 2.29. The average molecular weight is 225 g/mol. The standard InChI is InChI=1S/C11H19NSSi/c1-4-14(5-2,6-3)10-8-7-9-12-11(10)13/h7-9H,4-6H2,1-3H3,(H,12,13). The van der Waals surface area contributed by atoms with Gasteiger partial charge in [0.05, 0.1) is 8.07 Å². The van der Waals surface area contributed by atoms with Gasteiger partial charge in [0, 0.05) is 6.20 Å². The smallest absolute Gasteiger partial charge is 0.102 e. The Morgan fingerprint density at radius 2 is 1.79 bits per heavy atom. The van der Waals surface area contributed by atoms with E-state index in [0.717, 1.165) is 4.64 Å². The fourth-order valence-corrected chi connectivity index (χ4v) is 6.59. The van der Waals surface area contributed by atoms with Crippen LogP contribution in [0.1, 0.15) is 20.8 Å². The van der Waals surface area contributed by atoms with E-state index in [1.165, 1.54) is 23.3 Å². The molecule has 1 aromatic heterocycles. The van der Waals surface area contributed by atoms with E-state index in [2.05, 4.69) is 37.9 Å². The fourth-order valence-electron chi connectivity index (χ4n) is 2.16. The number of aromatic nitrogens is 1. The van der Waals surface area contributed by atoms with E-state index >= 15 is 0 Å². The fraction of sp³-hybridized carbons (Fsp3) is 0.545. The zero-order valence-corrected chi connectivity index (χ0v) is 11.1. The molecule has 1 heterocycles. The Bertz CT molecular complexity index is 333. The summed E-state index contributed by atoms with van der Waals surface area (Å²) in [4.78, 5) is 3.16. The Labute approximate surface area is 92.6 Å². The van der Waals surface area contributed by atoms with E-state index in [0.29, 0.717) is 0 Å². The summed E-state index contributed by atoms with van der Waals surface area (Å²) in [5.74, 6) is 0. The van der Waals surface area contributed by atoms with Crippen LogP contribution in [0.3, 0.4) is 0 Å². The van der Waals surface area contributed by atoms with E-state index in [1.807, 2.05) is 6.20 Å². The van der Waals surface area contributed by atoms with Crippen LogP contribution in [0, 0.1) is 4.64 Å². The molecule has 0 saturated heterocycles. The number of nitrogens with one attached hydrogen (secondary N) is 1. The second-order valence-electron chi connectivity index (χ2n) is 3.75. The maximum absolute atomic E-state index is 5.38. The second kappa shape index (κ2) is 4.89. The van der Waals surface area contributed by atoms with Gasteiger partial charge in [-0.2, -0.15) is 0 Å². The average Bonchev–Trinajstić information content (AvgIpc) is 2.24. The topological polar surface area (TPSA) is 15.8 Å². The molecule has 0 saturated carbocycles. The Balaban J connectivity index is 3.24. The lowest BCUT2D eigenvalue weighted by molar-refractivity contribution is 1.18. The van der Waals surface area contributed by atoms with Crippen LogP contribution in [-0.2, 0) is 0 Å². The van der Waals surface area contributed by atoms with Gasteiger partial charge in [0.1, 0.15) is 4.64 Å². The minimum atomic E-state index is -1.27. The number of aromatic amines is 1. The van der Waals surface area contributed by atoms with Gasteiger partial charge >= 0.3 is 0 Å². The van der Waals surface area contributed by atoms with E-state index in [4.69, 9.17) is 12.2 Å². The van der Waals surface area contributed by atoms with Crippen molar-refractivity contribution in [3.8, 4) is 0 Å². The molecule has 0 amide bonds. The van der Waals surface area contributed by atoms with E-state index in [9.17, 15) is 0 Å². The lowest BCUT2D eigenvalue weighted by Gasteiger charge is -2.28. The molecule has 0 aliphatic heterocycles. The summed E-state index contributed by atoms with van der Waals surface area (Å²) in [6.45, 7) is 6.92. The first-order chi connectivity index (χ1) is 6.70. The Morgan fingerprint density at radius 3 is 2.21 bits per heavy atom. The summed E-state index contributed by atoms with van der Waals surface area (Å²) < 4.78 is 0.963. The van der Waals surface area contributed by atoms with E-state index < -0.39 is 8.07 Å². The molecule has 0 aliphatic rings. The first kappa shape index (κ1) is 11.7. The zero-order valence-electron chi connectivity index (χ0n) is 9.26. The molecular formula is C11H19NSSi. The summed E-state index contributed by atoms with van der Waals surface area (Å²) in [5, 5.41) is 1.45. The van der Waals surface area contributed by atoms with Crippen molar-refractivity contribution in [2.75, 3.05) is 0 Å². The molecule has 1 N–H and O–H groups in total. The SMILES string of the molecule is CC[Si](CC)(CC)c1ccc[nH]c1=S. The predicted octanol–water partition coefficient (Wildman–Crippen LogP) is 3.46. The molecule has 0 atom stereocenters. The monoisotopic (exact) mass is 225 g/mol. The summed E-state index contributed by atoms with van der Waals surface area (Å²) in [5.41, 5.74) is 0. The largest absolute Gasteiger partial charge is 0.353 e. The third-order valence-corrected chi connectivity index (χ3v) is 9.56. The van der Waals surface area contributed by atoms with Gasteiger partial charge in [-0.1, -0.05) is 57.2 Å². The van der Waals surface area contributed by atoms with Gasteiger partial charge in [-0.05, 0) is 11.3 Å². The molecule has 0 fully saturated rings. The molecule has 1 aromatic rings. The van der Waals surface area contributed by atoms with E-state index in [1.54, 1.807) is 0 Å². The van der Waals surface area contributed by atoms with Crippen LogP contribution < -0.4 is 5.19 Å². The van der Waals surface area contributed by atoms with Gasteiger partial charge < -0.3 is 4.98 Å². The maximum Gasteiger partial charge on any atom is 0.102 e. The van der Waals surface area contributed by atoms with Crippen molar-refractivity contribution < 1.29 is 0 Å². The van der Waals surface area contributed by atoms with Crippen molar-refractivity contribution in [2.24, 2.45) is 0 Å². The number of hydrogen-bond acceptors (Lipinski definition) is 1. The second-order valence-corrected chi connectivity index (χ2v) is 9.38. The first-order valence-electron chi connectivity index (χ1n) is 5.38. The number of H-pyrrole nitrogens is 1. The van der Waals surface area contributed by atoms with Crippen molar-refractivity contribution in [1.29, 1.82) is 0 Å². The van der Waals surface area contributed by atoms with Crippen molar-refractivity contribution in [2.45, 2.75) is 38.9 Å². The van der Waals surface area contributed by atoms with E-state index in [-0.39, 0.29) is 0 Å². The van der Waals surface area contributed by atoms with Gasteiger partial charge in [0.15, 0.2) is 0 Å². The highest BCUT2D eigenvalue weighted by atomic mass is 32.1. The summed E-state index contributed by atoms with van der Waals surface area (Å²) in [6.07, 6.45) is 1.92. The van der Waals surface area contributed by atoms with Crippen LogP contribution in [0.25, 0.3) is 0 Å². The Hall–Kier alpha value is -0.413. The molecule has 1 nitrogen and oxygen atoms in total. The number of pyridine rings is 1. The summed E-state index contributed by atoms with van der Waals surface area (Å²) >= 11 is 5.38. The molecule has 14 heavy (non-hydrogen) atoms. The lowest BCUT2D eigenvalue weighted by atomic mass is 10.5. The first-order valence-corrected chi connectivity index (χ1v) is 8.41. The number of hydrogen-bond donors (Lipinski definition) is 1. The molecule has 0 aromatic carbocycles. The molecule has 0 spiro atoms. The Morgan fingerprint density at radius 1 is 1.21 bits per heavy atom. The van der Waals surface area contributed by atoms with Gasteiger partial charge in [-0.15, -0.1) is 0 Å². The minimum Gasteiger partial charge on any atom is -0.353 e. The van der Waals surface area contributed by atoms with Crippen LogP contribution in [0.15, 0.2) is 18.3 Å². The van der Waals surface area contributed by atoms with Crippen LogP contribution in [0.4, 0.5) is 0 Å². The van der Waals surface area contributed by atoms with Crippen molar-refractivity contribution in [1.82, 2.24) is 4.98 Å². The maximum atomic E-state index is 5.38. The molecule has 3 heteroatoms. The van der Waals surface area contributed by atoms with Gasteiger partial charge in [-0.25, -0.2) is 0 Å². The molecule has 0 unspecified atom stereocenters. The third-order valence-electron chi connectivity index (χ3n) is 3.42. The van der Waals surface area contributed by atoms with Gasteiger partial charge in [0.2, 0.25) is 0 Å². The molecular weight excluding hydrogens is 206 g/mol. The predicted molar refractivity (Wildman–Crippen MR) is 68.5 cm³/mol. The quantitative estimate of drug-likeness (QED) is 0.613. The van der Waals surface area contributed by atoms with Crippen LogP contribution in [0.5, 0.6) is 0 Å². The van der Waals surface area contributed by atoms with Crippen LogP contribution in [0.2, 0.25) is 18.1 Å². The molecule has 1 rings (SSSR count). The molecule has 0 radical (unpaired) electrons. The minimum absolute atomic E-state index is 0.963. The number of rotatable bonds is 4. The highest BCUT2D eigenvalue weighted by molar-refractivity contribution is 7.71. The van der Waals surface area contributed by atoms with Crippen LogP contribution >= 0.6 is 12.2 Å². The van der Waals surface area contributed by atoms with Crippen molar-refractivity contribution >= 4 is 25.5 Å². The molecule has 0 aliphatic carbocycles. The van der Waals surface area contributed by atoms with Crippen molar-refractivity contribution in [3.05, 3.63) is 23.0 Å². The third kappa shape index (κ3) is 1.98. The van der Waals surface area contributed by atoms with Crippen molar-refractivity contribution in [3.63, 3.8) is 0 Å². The zero-order chi connectivity index (χ0) is 10.6. The normalized spacial score (nSPS) is 11.6. The van der Waals surface area contributed by atoms with Gasteiger partial charge in [0.25, 0.3) is 0 Å². The lowest BCUT2D eigenvalue weighted by Crippen LogP contribution is -2.46. The molecule has 0 bridgehead atoms. The summed E-state index contributed by atoms with van der Waals surface area (Å²) in [7, 11) is -1.27. The summed E-state index contributed by atoms with van der Waals surface area (Å²) in [6, 6.07) is 8.18. The molecule has 78 valence electrons. The highest BCUT2D eigenvalue weighted by Crippen LogP contribution is 2.19. The Kier molecular flexibility index (Phi) is 4.07. The van der Waals surface area contributed by atoms with Gasteiger partial charge in [-0.3, -0.25) is 0 Å².